The van der Waals surface area contributed by atoms with E-state index in [1.54, 1.807) is 7.05 Å². The third kappa shape index (κ3) is 7.17. The molecule has 166 valence electrons. The van der Waals surface area contributed by atoms with Crippen molar-refractivity contribution >= 4 is 41.5 Å². The summed E-state index contributed by atoms with van der Waals surface area (Å²) in [6.07, 6.45) is 1.93. The van der Waals surface area contributed by atoms with Crippen molar-refractivity contribution in [1.29, 1.82) is 0 Å². The third-order valence-corrected chi connectivity index (χ3v) is 4.52. The summed E-state index contributed by atoms with van der Waals surface area (Å²) in [5.41, 5.74) is 2.44. The number of aliphatic imine (C=N–C) groups is 1. The van der Waals surface area contributed by atoms with Gasteiger partial charge in [0.05, 0.1) is 6.54 Å². The number of amides is 1. The number of hydrogen-bond acceptors (Lipinski definition) is 5. The fourth-order valence-corrected chi connectivity index (χ4v) is 2.90. The number of aromatic nitrogens is 3. The largest absolute Gasteiger partial charge is 0.352 e. The van der Waals surface area contributed by atoms with Gasteiger partial charge in [0.15, 0.2) is 17.4 Å². The first kappa shape index (κ1) is 24.5. The van der Waals surface area contributed by atoms with Crippen LogP contribution in [0.25, 0.3) is 5.65 Å². The average molecular weight is 536 g/mol. The van der Waals surface area contributed by atoms with Gasteiger partial charge >= 0.3 is 0 Å². The van der Waals surface area contributed by atoms with Crippen LogP contribution in [0.15, 0.2) is 53.7 Å². The number of benzene rings is 1. The summed E-state index contributed by atoms with van der Waals surface area (Å²) in [7, 11) is 5.67. The summed E-state index contributed by atoms with van der Waals surface area (Å²) < 4.78 is 1.93. The summed E-state index contributed by atoms with van der Waals surface area (Å²) in [4.78, 5) is 18.6. The molecule has 1 aromatic carbocycles. The fraction of sp³-hybridized carbons (Fsp3) is 0.333. The number of guanidine groups is 1. The molecule has 3 rings (SSSR count). The molecule has 2 heterocycles. The standard InChI is InChI=1S/C21H28N8O.HI/c1-22-21(25-15-19-27-26-18-9-4-5-11-29(18)19)24-14-16-7-6-8-17(13-16)20(30)23-10-12-28(2)3;/h4-9,11,13H,10,12,14-15H2,1-3H3,(H,23,30)(H2,22,24,25);1H. The van der Waals surface area contributed by atoms with Gasteiger partial charge in [-0.3, -0.25) is 14.2 Å². The Kier molecular flexibility index (Phi) is 9.66. The molecule has 31 heavy (non-hydrogen) atoms. The molecule has 0 aliphatic rings. The second kappa shape index (κ2) is 12.2. The van der Waals surface area contributed by atoms with Crippen molar-refractivity contribution in [2.45, 2.75) is 13.1 Å². The van der Waals surface area contributed by atoms with Crippen molar-refractivity contribution in [1.82, 2.24) is 35.4 Å². The Morgan fingerprint density at radius 3 is 2.65 bits per heavy atom. The number of rotatable bonds is 8. The van der Waals surface area contributed by atoms with Gasteiger partial charge in [-0.1, -0.05) is 18.2 Å². The van der Waals surface area contributed by atoms with E-state index in [4.69, 9.17) is 0 Å². The molecule has 0 fully saturated rings. The second-order valence-electron chi connectivity index (χ2n) is 7.08. The van der Waals surface area contributed by atoms with E-state index in [2.05, 4.69) is 31.1 Å². The topological polar surface area (TPSA) is 99.0 Å². The number of hydrogen-bond donors (Lipinski definition) is 3. The van der Waals surface area contributed by atoms with Crippen LogP contribution in [0, 0.1) is 0 Å². The number of halogens is 1. The highest BCUT2D eigenvalue weighted by Crippen LogP contribution is 2.06. The van der Waals surface area contributed by atoms with Crippen molar-refractivity contribution in [2.24, 2.45) is 4.99 Å². The zero-order valence-electron chi connectivity index (χ0n) is 18.0. The zero-order valence-corrected chi connectivity index (χ0v) is 20.3. The zero-order chi connectivity index (χ0) is 21.3. The Balaban J connectivity index is 0.00000341. The van der Waals surface area contributed by atoms with Crippen LogP contribution < -0.4 is 16.0 Å². The lowest BCUT2D eigenvalue weighted by Gasteiger charge is -2.13. The quantitative estimate of drug-likeness (QED) is 0.230. The van der Waals surface area contributed by atoms with Gasteiger partial charge < -0.3 is 20.9 Å². The van der Waals surface area contributed by atoms with E-state index in [0.717, 1.165) is 23.6 Å². The Morgan fingerprint density at radius 1 is 1.06 bits per heavy atom. The molecule has 0 unspecified atom stereocenters. The summed E-state index contributed by atoms with van der Waals surface area (Å²) >= 11 is 0. The van der Waals surface area contributed by atoms with Gasteiger partial charge in [0.2, 0.25) is 0 Å². The Bertz CT molecular complexity index is 1020. The lowest BCUT2D eigenvalue weighted by molar-refractivity contribution is 0.0951. The van der Waals surface area contributed by atoms with Gasteiger partial charge in [0.1, 0.15) is 0 Å². The predicted octanol–water partition coefficient (Wildman–Crippen LogP) is 1.50. The first-order chi connectivity index (χ1) is 14.6. The van der Waals surface area contributed by atoms with E-state index in [1.807, 2.05) is 72.1 Å². The highest BCUT2D eigenvalue weighted by molar-refractivity contribution is 14.0. The number of pyridine rings is 1. The number of carbonyl (C=O) groups excluding carboxylic acids is 1. The van der Waals surface area contributed by atoms with E-state index in [-0.39, 0.29) is 29.9 Å². The van der Waals surface area contributed by atoms with Crippen LogP contribution in [-0.2, 0) is 13.1 Å². The molecule has 0 atom stereocenters. The summed E-state index contributed by atoms with van der Waals surface area (Å²) in [5.74, 6) is 1.37. The monoisotopic (exact) mass is 536 g/mol. The average Bonchev–Trinajstić information content (AvgIpc) is 3.17. The van der Waals surface area contributed by atoms with Crippen molar-refractivity contribution in [3.63, 3.8) is 0 Å². The van der Waals surface area contributed by atoms with Crippen LogP contribution in [0.4, 0.5) is 0 Å². The molecule has 1 amide bonds. The first-order valence-electron chi connectivity index (χ1n) is 9.82. The molecular weight excluding hydrogens is 507 g/mol. The molecule has 0 aliphatic heterocycles. The smallest absolute Gasteiger partial charge is 0.251 e. The van der Waals surface area contributed by atoms with E-state index in [1.165, 1.54) is 0 Å². The maximum Gasteiger partial charge on any atom is 0.251 e. The molecule has 0 aliphatic carbocycles. The van der Waals surface area contributed by atoms with E-state index in [0.29, 0.717) is 31.2 Å². The summed E-state index contributed by atoms with van der Waals surface area (Å²) in [6, 6.07) is 13.3. The summed E-state index contributed by atoms with van der Waals surface area (Å²) in [6.45, 7) is 2.44. The van der Waals surface area contributed by atoms with Crippen molar-refractivity contribution in [3.8, 4) is 0 Å². The van der Waals surface area contributed by atoms with Gasteiger partial charge in [-0.05, 0) is 43.9 Å². The molecule has 0 saturated carbocycles. The Morgan fingerprint density at radius 2 is 1.87 bits per heavy atom. The first-order valence-corrected chi connectivity index (χ1v) is 9.82. The third-order valence-electron chi connectivity index (χ3n) is 4.52. The van der Waals surface area contributed by atoms with Crippen LogP contribution in [-0.4, -0.2) is 65.6 Å². The van der Waals surface area contributed by atoms with Crippen molar-refractivity contribution in [2.75, 3.05) is 34.2 Å². The molecule has 0 bridgehead atoms. The molecular formula is C21H29IN8O. The molecule has 0 radical (unpaired) electrons. The minimum absolute atomic E-state index is 0. The highest BCUT2D eigenvalue weighted by atomic mass is 127. The van der Waals surface area contributed by atoms with Gasteiger partial charge in [-0.15, -0.1) is 34.2 Å². The van der Waals surface area contributed by atoms with E-state index < -0.39 is 0 Å². The normalized spacial score (nSPS) is 11.3. The minimum atomic E-state index is -0.0695. The number of likely N-dealkylation sites (N-methyl/N-ethyl adjacent to an activating group) is 1. The SMILES string of the molecule is CN=C(NCc1cccc(C(=O)NCCN(C)C)c1)NCc1nnc2ccccn12.I. The number of carbonyl (C=O) groups is 1. The molecule has 9 nitrogen and oxygen atoms in total. The highest BCUT2D eigenvalue weighted by Gasteiger charge is 2.08. The molecule has 0 spiro atoms. The van der Waals surface area contributed by atoms with Gasteiger partial charge in [-0.25, -0.2) is 0 Å². The van der Waals surface area contributed by atoms with E-state index in [9.17, 15) is 4.79 Å². The van der Waals surface area contributed by atoms with Crippen LogP contribution in [0.3, 0.4) is 0 Å². The van der Waals surface area contributed by atoms with Crippen LogP contribution in [0.1, 0.15) is 21.7 Å². The van der Waals surface area contributed by atoms with Gasteiger partial charge in [-0.2, -0.15) is 0 Å². The van der Waals surface area contributed by atoms with Gasteiger partial charge in [0, 0.05) is 38.4 Å². The van der Waals surface area contributed by atoms with E-state index >= 15 is 0 Å². The Labute approximate surface area is 199 Å². The molecule has 0 saturated heterocycles. The van der Waals surface area contributed by atoms with Crippen molar-refractivity contribution in [3.05, 3.63) is 65.6 Å². The fourth-order valence-electron chi connectivity index (χ4n) is 2.90. The lowest BCUT2D eigenvalue weighted by Crippen LogP contribution is -2.36. The molecule has 3 aromatic rings. The maximum absolute atomic E-state index is 12.3. The molecule has 10 heteroatoms. The van der Waals surface area contributed by atoms with Crippen LogP contribution in [0.2, 0.25) is 0 Å². The molecule has 2 aromatic heterocycles. The van der Waals surface area contributed by atoms with Crippen LogP contribution in [0.5, 0.6) is 0 Å². The number of nitrogens with zero attached hydrogens (tertiary/aromatic N) is 5. The lowest BCUT2D eigenvalue weighted by atomic mass is 10.1. The second-order valence-corrected chi connectivity index (χ2v) is 7.08. The maximum atomic E-state index is 12.3. The van der Waals surface area contributed by atoms with Crippen molar-refractivity contribution < 1.29 is 4.79 Å². The summed E-state index contributed by atoms with van der Waals surface area (Å²) in [5, 5.41) is 17.8. The Hall–Kier alpha value is -2.73. The number of nitrogens with one attached hydrogen (secondary N) is 3. The van der Waals surface area contributed by atoms with Crippen LogP contribution >= 0.6 is 24.0 Å². The molecule has 3 N–H and O–H groups in total. The predicted molar refractivity (Wildman–Crippen MR) is 133 cm³/mol. The number of fused-ring (bicyclic) bond motifs is 1. The minimum Gasteiger partial charge on any atom is -0.352 e. The van der Waals surface area contributed by atoms with Gasteiger partial charge in [0.25, 0.3) is 5.91 Å².